The summed E-state index contributed by atoms with van der Waals surface area (Å²) in [4.78, 5) is 12.7. The molecule has 0 aliphatic rings. The van der Waals surface area contributed by atoms with Crippen molar-refractivity contribution in [1.29, 1.82) is 0 Å². The topological polar surface area (TPSA) is 66.0 Å². The van der Waals surface area contributed by atoms with E-state index in [1.54, 1.807) is 25.3 Å². The molecule has 1 N–H and O–H groups in total. The summed E-state index contributed by atoms with van der Waals surface area (Å²) in [5.41, 5.74) is 2.57. The highest BCUT2D eigenvalue weighted by Crippen LogP contribution is 2.28. The molecule has 0 radical (unpaired) electrons. The number of hydrogen-bond acceptors (Lipinski definition) is 5. The van der Waals surface area contributed by atoms with E-state index in [0.717, 1.165) is 16.9 Å². The first-order valence-corrected chi connectivity index (χ1v) is 10.6. The number of carbonyl (C=O) groups is 1. The minimum absolute atomic E-state index is 0.183. The zero-order chi connectivity index (χ0) is 22.6. The Hall–Kier alpha value is -3.51. The lowest BCUT2D eigenvalue weighted by molar-refractivity contribution is 0.0949. The molecule has 0 spiro atoms. The van der Waals surface area contributed by atoms with Crippen molar-refractivity contribution < 1.29 is 23.7 Å². The van der Waals surface area contributed by atoms with Gasteiger partial charge in [0.25, 0.3) is 5.91 Å². The van der Waals surface area contributed by atoms with Gasteiger partial charge in [0, 0.05) is 19.2 Å². The van der Waals surface area contributed by atoms with E-state index in [4.69, 9.17) is 18.9 Å². The lowest BCUT2D eigenvalue weighted by Gasteiger charge is -2.14. The summed E-state index contributed by atoms with van der Waals surface area (Å²) in [7, 11) is 1.65. The summed E-state index contributed by atoms with van der Waals surface area (Å²) in [5.74, 6) is 1.71. The minimum atomic E-state index is -0.183. The van der Waals surface area contributed by atoms with Gasteiger partial charge in [-0.15, -0.1) is 0 Å². The smallest absolute Gasteiger partial charge is 0.251 e. The number of rotatable bonds is 12. The van der Waals surface area contributed by atoms with Crippen molar-refractivity contribution >= 4 is 5.91 Å². The number of benzene rings is 3. The van der Waals surface area contributed by atoms with Crippen molar-refractivity contribution in [3.05, 3.63) is 89.5 Å². The molecule has 0 aliphatic heterocycles. The molecule has 0 atom stereocenters. The van der Waals surface area contributed by atoms with Gasteiger partial charge in [0.05, 0.1) is 13.2 Å². The second kappa shape index (κ2) is 12.4. The maximum absolute atomic E-state index is 12.7. The van der Waals surface area contributed by atoms with E-state index in [2.05, 4.69) is 5.32 Å². The Morgan fingerprint density at radius 2 is 1.53 bits per heavy atom. The molecule has 0 aliphatic carbocycles. The fourth-order valence-electron chi connectivity index (χ4n) is 3.17. The summed E-state index contributed by atoms with van der Waals surface area (Å²) < 4.78 is 22.4. The molecule has 32 heavy (non-hydrogen) atoms. The molecule has 168 valence electrons. The number of hydrogen-bond donors (Lipinski definition) is 1. The van der Waals surface area contributed by atoms with Crippen LogP contribution < -0.4 is 19.5 Å². The van der Waals surface area contributed by atoms with Crippen LogP contribution in [0.1, 0.15) is 28.4 Å². The third kappa shape index (κ3) is 6.75. The third-order valence-electron chi connectivity index (χ3n) is 4.72. The van der Waals surface area contributed by atoms with E-state index in [1.807, 2.05) is 61.5 Å². The monoisotopic (exact) mass is 435 g/mol. The fraction of sp³-hybridized carbons (Fsp3) is 0.269. The van der Waals surface area contributed by atoms with Crippen molar-refractivity contribution in [2.24, 2.45) is 0 Å². The van der Waals surface area contributed by atoms with Gasteiger partial charge in [-0.05, 0) is 48.4 Å². The van der Waals surface area contributed by atoms with Gasteiger partial charge in [-0.1, -0.05) is 42.5 Å². The second-order valence-electron chi connectivity index (χ2n) is 6.99. The van der Waals surface area contributed by atoms with Crippen molar-refractivity contribution in [2.75, 3.05) is 26.9 Å². The average molecular weight is 436 g/mol. The predicted octanol–water partition coefficient (Wildman–Crippen LogP) is 4.62. The lowest BCUT2D eigenvalue weighted by atomic mass is 10.1. The Balaban J connectivity index is 1.58. The summed E-state index contributed by atoms with van der Waals surface area (Å²) in [5, 5.41) is 2.96. The van der Waals surface area contributed by atoms with Gasteiger partial charge >= 0.3 is 0 Å². The maximum Gasteiger partial charge on any atom is 0.251 e. The number of ether oxygens (including phenoxy) is 4. The standard InChI is InChI=1S/C26H29NO5/c1-3-30-25-17-20(26(28)27-18-21-9-7-8-10-22(21)19-29-2)13-14-24(25)32-16-15-31-23-11-5-4-6-12-23/h4-14,17H,3,15-16,18-19H2,1-2H3,(H,27,28). The largest absolute Gasteiger partial charge is 0.490 e. The van der Waals surface area contributed by atoms with Gasteiger partial charge in [-0.3, -0.25) is 4.79 Å². The summed E-state index contributed by atoms with van der Waals surface area (Å²) in [6.07, 6.45) is 0. The van der Waals surface area contributed by atoms with Crippen LogP contribution in [-0.4, -0.2) is 32.8 Å². The Bertz CT molecular complexity index is 991. The molecule has 0 unspecified atom stereocenters. The molecule has 0 heterocycles. The van der Waals surface area contributed by atoms with Gasteiger partial charge in [-0.25, -0.2) is 0 Å². The zero-order valence-corrected chi connectivity index (χ0v) is 18.5. The van der Waals surface area contributed by atoms with E-state index in [-0.39, 0.29) is 5.91 Å². The van der Waals surface area contributed by atoms with Crippen LogP contribution in [-0.2, 0) is 17.9 Å². The van der Waals surface area contributed by atoms with Crippen molar-refractivity contribution in [3.63, 3.8) is 0 Å². The van der Waals surface area contributed by atoms with E-state index in [0.29, 0.717) is 50.0 Å². The molecule has 1 amide bonds. The van der Waals surface area contributed by atoms with Crippen LogP contribution in [0.4, 0.5) is 0 Å². The lowest BCUT2D eigenvalue weighted by Crippen LogP contribution is -2.23. The van der Waals surface area contributed by atoms with E-state index >= 15 is 0 Å². The zero-order valence-electron chi connectivity index (χ0n) is 18.5. The molecular weight excluding hydrogens is 406 g/mol. The summed E-state index contributed by atoms with van der Waals surface area (Å²) in [6.45, 7) is 4.03. The van der Waals surface area contributed by atoms with E-state index in [1.165, 1.54) is 0 Å². The van der Waals surface area contributed by atoms with Crippen LogP contribution >= 0.6 is 0 Å². The number of methoxy groups -OCH3 is 1. The van der Waals surface area contributed by atoms with Gasteiger partial charge < -0.3 is 24.3 Å². The molecule has 3 rings (SSSR count). The number of carbonyl (C=O) groups excluding carboxylic acids is 1. The maximum atomic E-state index is 12.7. The quantitative estimate of drug-likeness (QED) is 0.421. The Kier molecular flexibility index (Phi) is 8.95. The summed E-state index contributed by atoms with van der Waals surface area (Å²) >= 11 is 0. The highest BCUT2D eigenvalue weighted by molar-refractivity contribution is 5.94. The molecule has 0 aromatic heterocycles. The molecule has 0 bridgehead atoms. The first kappa shape index (κ1) is 23.2. The molecule has 0 fully saturated rings. The normalized spacial score (nSPS) is 10.4. The summed E-state index contributed by atoms with van der Waals surface area (Å²) in [6, 6.07) is 22.6. The molecule has 0 saturated carbocycles. The van der Waals surface area contributed by atoms with E-state index < -0.39 is 0 Å². The average Bonchev–Trinajstić information content (AvgIpc) is 2.83. The molecule has 6 nitrogen and oxygen atoms in total. The Labute approximate surface area is 189 Å². The van der Waals surface area contributed by atoms with Crippen LogP contribution in [0.25, 0.3) is 0 Å². The van der Waals surface area contributed by atoms with Crippen LogP contribution in [0.2, 0.25) is 0 Å². The van der Waals surface area contributed by atoms with Crippen LogP contribution in [0, 0.1) is 0 Å². The van der Waals surface area contributed by atoms with E-state index in [9.17, 15) is 4.79 Å². The molecular formula is C26H29NO5. The molecule has 3 aromatic rings. The van der Waals surface area contributed by atoms with Gasteiger partial charge in [-0.2, -0.15) is 0 Å². The van der Waals surface area contributed by atoms with Crippen molar-refractivity contribution in [3.8, 4) is 17.2 Å². The van der Waals surface area contributed by atoms with Crippen LogP contribution in [0.15, 0.2) is 72.8 Å². The third-order valence-corrected chi connectivity index (χ3v) is 4.72. The van der Waals surface area contributed by atoms with Crippen LogP contribution in [0.3, 0.4) is 0 Å². The van der Waals surface area contributed by atoms with Crippen molar-refractivity contribution in [1.82, 2.24) is 5.32 Å². The molecule has 6 heteroatoms. The Morgan fingerprint density at radius 3 is 2.28 bits per heavy atom. The fourth-order valence-corrected chi connectivity index (χ4v) is 3.17. The number of para-hydroxylation sites is 1. The van der Waals surface area contributed by atoms with Crippen molar-refractivity contribution in [2.45, 2.75) is 20.1 Å². The predicted molar refractivity (Wildman–Crippen MR) is 123 cm³/mol. The molecule has 0 saturated heterocycles. The highest BCUT2D eigenvalue weighted by atomic mass is 16.5. The van der Waals surface area contributed by atoms with Gasteiger partial charge in [0.1, 0.15) is 19.0 Å². The molecule has 3 aromatic carbocycles. The number of nitrogens with one attached hydrogen (secondary N) is 1. The van der Waals surface area contributed by atoms with Crippen LogP contribution in [0.5, 0.6) is 17.2 Å². The SMILES string of the molecule is CCOc1cc(C(=O)NCc2ccccc2COC)ccc1OCCOc1ccccc1. The first-order chi connectivity index (χ1) is 15.7. The van der Waals surface area contributed by atoms with Gasteiger partial charge in [0.2, 0.25) is 0 Å². The first-order valence-electron chi connectivity index (χ1n) is 10.6. The highest BCUT2D eigenvalue weighted by Gasteiger charge is 2.12. The second-order valence-corrected chi connectivity index (χ2v) is 6.99. The Morgan fingerprint density at radius 1 is 0.812 bits per heavy atom. The minimum Gasteiger partial charge on any atom is -0.490 e. The number of amides is 1. The van der Waals surface area contributed by atoms with Gasteiger partial charge in [0.15, 0.2) is 11.5 Å².